The summed E-state index contributed by atoms with van der Waals surface area (Å²) in [6, 6.07) is 12.1. The third-order valence-corrected chi connectivity index (χ3v) is 6.35. The number of carbonyl (C=O) groups is 1. The third-order valence-electron chi connectivity index (χ3n) is 6.35. The molecule has 0 aliphatic carbocycles. The first-order valence-electron chi connectivity index (χ1n) is 10.4. The molecule has 0 bridgehead atoms. The van der Waals surface area contributed by atoms with Crippen LogP contribution in [0.5, 0.6) is 0 Å². The number of benzene rings is 1. The van der Waals surface area contributed by atoms with Crippen LogP contribution < -0.4 is 5.32 Å². The van der Waals surface area contributed by atoms with Crippen molar-refractivity contribution in [2.75, 3.05) is 26.7 Å². The Morgan fingerprint density at radius 3 is 2.54 bits per heavy atom. The van der Waals surface area contributed by atoms with Crippen molar-refractivity contribution in [3.63, 3.8) is 0 Å². The quantitative estimate of drug-likeness (QED) is 0.845. The van der Waals surface area contributed by atoms with Gasteiger partial charge in [-0.2, -0.15) is 0 Å². The van der Waals surface area contributed by atoms with Gasteiger partial charge in [0.25, 0.3) is 0 Å². The fourth-order valence-corrected chi connectivity index (χ4v) is 4.48. The van der Waals surface area contributed by atoms with Crippen LogP contribution in [0.1, 0.15) is 63.5 Å². The summed E-state index contributed by atoms with van der Waals surface area (Å²) in [5, 5.41) is 3.29. The van der Waals surface area contributed by atoms with Gasteiger partial charge in [-0.3, -0.25) is 9.69 Å². The number of amides is 1. The molecule has 0 aromatic heterocycles. The first-order valence-corrected chi connectivity index (χ1v) is 10.4. The van der Waals surface area contributed by atoms with Crippen LogP contribution in [0.4, 0.5) is 0 Å². The van der Waals surface area contributed by atoms with Gasteiger partial charge in [-0.15, -0.1) is 0 Å². The van der Waals surface area contributed by atoms with Crippen LogP contribution in [-0.4, -0.2) is 54.5 Å². The van der Waals surface area contributed by atoms with E-state index in [0.29, 0.717) is 24.5 Å². The van der Waals surface area contributed by atoms with E-state index in [1.807, 2.05) is 0 Å². The number of hydrogen-bond donors (Lipinski definition) is 1. The number of hydrogen-bond acceptors (Lipinski definition) is 3. The van der Waals surface area contributed by atoms with E-state index in [1.165, 1.54) is 31.4 Å². The van der Waals surface area contributed by atoms with Crippen molar-refractivity contribution >= 4 is 5.91 Å². The van der Waals surface area contributed by atoms with Crippen LogP contribution >= 0.6 is 0 Å². The first-order chi connectivity index (χ1) is 12.6. The number of nitrogens with one attached hydrogen (secondary N) is 1. The maximum Gasteiger partial charge on any atom is 0.220 e. The largest absolute Gasteiger partial charge is 0.353 e. The highest BCUT2D eigenvalue weighted by molar-refractivity contribution is 5.76. The van der Waals surface area contributed by atoms with Gasteiger partial charge < -0.3 is 10.2 Å². The Hall–Kier alpha value is -1.39. The second kappa shape index (κ2) is 9.52. The Morgan fingerprint density at radius 2 is 1.85 bits per heavy atom. The molecule has 0 spiro atoms. The van der Waals surface area contributed by atoms with Gasteiger partial charge in [0.05, 0.1) is 0 Å². The van der Waals surface area contributed by atoms with Gasteiger partial charge in [-0.25, -0.2) is 0 Å². The SMILES string of the molecule is C[C@H](c1ccccc1)N1CCC(NC(=O)CC[C@H]2CCCCN2C)CC1. The molecule has 0 unspecified atom stereocenters. The molecule has 2 aliphatic rings. The minimum Gasteiger partial charge on any atom is -0.353 e. The summed E-state index contributed by atoms with van der Waals surface area (Å²) in [5.41, 5.74) is 1.38. The first kappa shape index (κ1) is 19.4. The zero-order chi connectivity index (χ0) is 18.4. The number of carbonyl (C=O) groups excluding carboxylic acids is 1. The normalized spacial score (nSPS) is 24.3. The fourth-order valence-electron chi connectivity index (χ4n) is 4.48. The molecule has 4 heteroatoms. The highest BCUT2D eigenvalue weighted by atomic mass is 16.1. The highest BCUT2D eigenvalue weighted by Crippen LogP contribution is 2.24. The van der Waals surface area contributed by atoms with E-state index in [4.69, 9.17) is 0 Å². The van der Waals surface area contributed by atoms with Crippen molar-refractivity contribution in [2.24, 2.45) is 0 Å². The Bertz CT molecular complexity index is 554. The molecule has 2 atom stereocenters. The Labute approximate surface area is 158 Å². The highest BCUT2D eigenvalue weighted by Gasteiger charge is 2.25. The van der Waals surface area contributed by atoms with Gasteiger partial charge in [0, 0.05) is 37.6 Å². The second-order valence-electron chi connectivity index (χ2n) is 8.13. The van der Waals surface area contributed by atoms with Gasteiger partial charge in [-0.05, 0) is 58.2 Å². The molecule has 1 aromatic rings. The summed E-state index contributed by atoms with van der Waals surface area (Å²) < 4.78 is 0. The zero-order valence-electron chi connectivity index (χ0n) is 16.5. The molecule has 2 saturated heterocycles. The predicted molar refractivity (Wildman–Crippen MR) is 107 cm³/mol. The number of nitrogens with zero attached hydrogens (tertiary/aromatic N) is 2. The van der Waals surface area contributed by atoms with Crippen LogP contribution in [0.2, 0.25) is 0 Å². The molecule has 4 nitrogen and oxygen atoms in total. The van der Waals surface area contributed by atoms with Gasteiger partial charge in [0.2, 0.25) is 5.91 Å². The van der Waals surface area contributed by atoms with Crippen molar-refractivity contribution in [1.82, 2.24) is 15.1 Å². The number of piperidine rings is 2. The molecule has 144 valence electrons. The molecular formula is C22H35N3O. The lowest BCUT2D eigenvalue weighted by atomic mass is 9.97. The van der Waals surface area contributed by atoms with Crippen molar-refractivity contribution in [3.05, 3.63) is 35.9 Å². The lowest BCUT2D eigenvalue weighted by Crippen LogP contribution is -2.45. The lowest BCUT2D eigenvalue weighted by Gasteiger charge is -2.36. The minimum atomic E-state index is 0.249. The Morgan fingerprint density at radius 1 is 1.12 bits per heavy atom. The van der Waals surface area contributed by atoms with Crippen LogP contribution in [0.3, 0.4) is 0 Å². The van der Waals surface area contributed by atoms with Crippen molar-refractivity contribution in [1.29, 1.82) is 0 Å². The molecule has 26 heavy (non-hydrogen) atoms. The zero-order valence-corrected chi connectivity index (χ0v) is 16.5. The van der Waals surface area contributed by atoms with E-state index in [2.05, 4.69) is 59.4 Å². The van der Waals surface area contributed by atoms with Gasteiger partial charge in [0.15, 0.2) is 0 Å². The minimum absolute atomic E-state index is 0.249. The summed E-state index contributed by atoms with van der Waals surface area (Å²) in [5.74, 6) is 0.249. The van der Waals surface area contributed by atoms with Crippen LogP contribution in [0, 0.1) is 0 Å². The van der Waals surface area contributed by atoms with E-state index in [1.54, 1.807) is 0 Å². The lowest BCUT2D eigenvalue weighted by molar-refractivity contribution is -0.122. The van der Waals surface area contributed by atoms with Gasteiger partial charge >= 0.3 is 0 Å². The second-order valence-corrected chi connectivity index (χ2v) is 8.13. The maximum atomic E-state index is 12.4. The molecule has 1 N–H and O–H groups in total. The molecule has 2 fully saturated rings. The van der Waals surface area contributed by atoms with Crippen LogP contribution in [-0.2, 0) is 4.79 Å². The number of rotatable bonds is 6. The molecular weight excluding hydrogens is 322 g/mol. The molecule has 2 heterocycles. The van der Waals surface area contributed by atoms with E-state index < -0.39 is 0 Å². The molecule has 1 aromatic carbocycles. The standard InChI is InChI=1S/C22H35N3O/c1-18(19-8-4-3-5-9-19)25-16-13-20(14-17-25)23-22(26)12-11-21-10-6-7-15-24(21)2/h3-5,8-9,18,20-21H,6-7,10-17H2,1-2H3,(H,23,26)/t18-,21-/m1/s1. The average molecular weight is 358 g/mol. The van der Waals surface area contributed by atoms with Crippen LogP contribution in [0.25, 0.3) is 0 Å². The molecule has 3 rings (SSSR count). The van der Waals surface area contributed by atoms with Crippen LogP contribution in [0.15, 0.2) is 30.3 Å². The Kier molecular flexibility index (Phi) is 7.09. The van der Waals surface area contributed by atoms with Gasteiger partial charge in [0.1, 0.15) is 0 Å². The Balaban J connectivity index is 1.37. The molecule has 2 aliphatic heterocycles. The fraction of sp³-hybridized carbons (Fsp3) is 0.682. The van der Waals surface area contributed by atoms with Gasteiger partial charge in [-0.1, -0.05) is 36.8 Å². The average Bonchev–Trinajstić information content (AvgIpc) is 2.68. The molecule has 0 radical (unpaired) electrons. The van der Waals surface area contributed by atoms with E-state index in [9.17, 15) is 4.79 Å². The maximum absolute atomic E-state index is 12.4. The topological polar surface area (TPSA) is 35.6 Å². The smallest absolute Gasteiger partial charge is 0.220 e. The van der Waals surface area contributed by atoms with E-state index in [-0.39, 0.29) is 5.91 Å². The van der Waals surface area contributed by atoms with E-state index >= 15 is 0 Å². The van der Waals surface area contributed by atoms with Crippen molar-refractivity contribution in [3.8, 4) is 0 Å². The summed E-state index contributed by atoms with van der Waals surface area (Å²) in [4.78, 5) is 17.3. The summed E-state index contributed by atoms with van der Waals surface area (Å²) >= 11 is 0. The third kappa shape index (κ3) is 5.31. The monoisotopic (exact) mass is 357 g/mol. The molecule has 0 saturated carbocycles. The molecule has 1 amide bonds. The van der Waals surface area contributed by atoms with Crippen molar-refractivity contribution < 1.29 is 4.79 Å². The predicted octanol–water partition coefficient (Wildman–Crippen LogP) is 3.59. The number of likely N-dealkylation sites (tertiary alicyclic amines) is 2. The van der Waals surface area contributed by atoms with Crippen molar-refractivity contribution in [2.45, 2.75) is 70.0 Å². The van der Waals surface area contributed by atoms with E-state index in [0.717, 1.165) is 32.4 Å². The summed E-state index contributed by atoms with van der Waals surface area (Å²) in [7, 11) is 2.20. The summed E-state index contributed by atoms with van der Waals surface area (Å²) in [6.07, 6.45) is 7.67. The summed E-state index contributed by atoms with van der Waals surface area (Å²) in [6.45, 7) is 5.60.